The molecule has 0 aliphatic heterocycles. The first-order valence-electron chi connectivity index (χ1n) is 6.72. The summed E-state index contributed by atoms with van der Waals surface area (Å²) in [4.78, 5) is 0. The molecule has 0 aliphatic carbocycles. The molecule has 0 saturated carbocycles. The fraction of sp³-hybridized carbons (Fsp3) is 0.600. The maximum atomic E-state index is 6.36. The lowest BCUT2D eigenvalue weighted by atomic mass is 9.87. The molecule has 0 spiro atoms. The summed E-state index contributed by atoms with van der Waals surface area (Å²) in [6.07, 6.45) is 1.94. The maximum absolute atomic E-state index is 6.36. The predicted octanol–water partition coefficient (Wildman–Crippen LogP) is 4.85. The van der Waals surface area contributed by atoms with Crippen LogP contribution in [0.15, 0.2) is 18.2 Å². The lowest BCUT2D eigenvalue weighted by molar-refractivity contribution is -0.0299. The molecule has 19 heavy (non-hydrogen) atoms. The number of halogens is 2. The van der Waals surface area contributed by atoms with E-state index in [0.29, 0.717) is 10.0 Å². The summed E-state index contributed by atoms with van der Waals surface area (Å²) in [5.41, 5.74) is 0.678. The maximum Gasteiger partial charge on any atom is 0.0842 e. The van der Waals surface area contributed by atoms with Crippen molar-refractivity contribution in [3.05, 3.63) is 33.8 Å². The summed E-state index contributed by atoms with van der Waals surface area (Å²) in [6, 6.07) is 5.76. The van der Waals surface area contributed by atoms with Crippen LogP contribution in [0.5, 0.6) is 0 Å². The Labute approximate surface area is 126 Å². The van der Waals surface area contributed by atoms with Gasteiger partial charge in [0.15, 0.2) is 0 Å². The Morgan fingerprint density at radius 1 is 1.32 bits per heavy atom. The molecule has 0 aliphatic rings. The Balaban J connectivity index is 3.19. The molecule has 4 heteroatoms. The average molecular weight is 304 g/mol. The minimum absolute atomic E-state index is 0.0219. The van der Waals surface area contributed by atoms with Gasteiger partial charge in [-0.15, -0.1) is 0 Å². The zero-order valence-electron chi connectivity index (χ0n) is 12.1. The quantitative estimate of drug-likeness (QED) is 0.777. The summed E-state index contributed by atoms with van der Waals surface area (Å²) in [5.74, 6) is 0. The molecule has 1 aromatic rings. The largest absolute Gasteiger partial charge is 0.377 e. The van der Waals surface area contributed by atoms with Crippen molar-refractivity contribution >= 4 is 23.2 Å². The molecule has 0 saturated heterocycles. The smallest absolute Gasteiger partial charge is 0.0842 e. The first-order valence-corrected chi connectivity index (χ1v) is 7.48. The molecule has 2 nitrogen and oxygen atoms in total. The molecule has 1 rings (SSSR count). The zero-order valence-corrected chi connectivity index (χ0v) is 13.6. The van der Waals surface area contributed by atoms with Gasteiger partial charge in [0.25, 0.3) is 0 Å². The second kappa shape index (κ2) is 7.49. The summed E-state index contributed by atoms with van der Waals surface area (Å²) in [7, 11) is 1.74. The highest BCUT2D eigenvalue weighted by atomic mass is 35.5. The summed E-state index contributed by atoms with van der Waals surface area (Å²) in [5, 5.41) is 4.71. The molecule has 0 radical (unpaired) electrons. The number of nitrogens with one attached hydrogen (secondary N) is 1. The van der Waals surface area contributed by atoms with Crippen LogP contribution in [0.3, 0.4) is 0 Å². The van der Waals surface area contributed by atoms with Gasteiger partial charge < -0.3 is 10.1 Å². The van der Waals surface area contributed by atoms with Crippen molar-refractivity contribution in [3.63, 3.8) is 0 Å². The van der Waals surface area contributed by atoms with Gasteiger partial charge in [-0.1, -0.05) is 49.2 Å². The van der Waals surface area contributed by atoms with Gasteiger partial charge in [0.2, 0.25) is 0 Å². The first-order chi connectivity index (χ1) is 9.00. The predicted molar refractivity (Wildman–Crippen MR) is 83.2 cm³/mol. The van der Waals surface area contributed by atoms with Gasteiger partial charge in [-0.05, 0) is 37.9 Å². The van der Waals surface area contributed by atoms with Crippen LogP contribution in [0.2, 0.25) is 10.0 Å². The SMILES string of the molecule is CCCNC(c1cccc(Cl)c1Cl)C(C)(CC)OC. The van der Waals surface area contributed by atoms with E-state index in [1.54, 1.807) is 13.2 Å². The van der Waals surface area contributed by atoms with Crippen LogP contribution in [-0.4, -0.2) is 19.3 Å². The van der Waals surface area contributed by atoms with E-state index in [1.807, 2.05) is 12.1 Å². The van der Waals surface area contributed by atoms with E-state index >= 15 is 0 Å². The van der Waals surface area contributed by atoms with Crippen LogP contribution in [0, 0.1) is 0 Å². The number of hydrogen-bond donors (Lipinski definition) is 1. The molecular weight excluding hydrogens is 281 g/mol. The molecule has 2 atom stereocenters. The van der Waals surface area contributed by atoms with E-state index in [9.17, 15) is 0 Å². The zero-order chi connectivity index (χ0) is 14.5. The highest BCUT2D eigenvalue weighted by molar-refractivity contribution is 6.42. The topological polar surface area (TPSA) is 21.3 Å². The molecular formula is C15H23Cl2NO. The third-order valence-corrected chi connectivity index (χ3v) is 4.50. The third kappa shape index (κ3) is 3.85. The monoisotopic (exact) mass is 303 g/mol. The van der Waals surface area contributed by atoms with Crippen molar-refractivity contribution < 1.29 is 4.74 Å². The molecule has 108 valence electrons. The fourth-order valence-corrected chi connectivity index (χ4v) is 2.57. The van der Waals surface area contributed by atoms with E-state index in [2.05, 4.69) is 26.1 Å². The number of rotatable bonds is 7. The Morgan fingerprint density at radius 3 is 2.53 bits per heavy atom. The lowest BCUT2D eigenvalue weighted by Crippen LogP contribution is -2.43. The second-order valence-corrected chi connectivity index (χ2v) is 5.69. The van der Waals surface area contributed by atoms with E-state index in [0.717, 1.165) is 24.9 Å². The average Bonchev–Trinajstić information content (AvgIpc) is 2.43. The van der Waals surface area contributed by atoms with Crippen LogP contribution < -0.4 is 5.32 Å². The molecule has 2 unspecified atom stereocenters. The van der Waals surface area contributed by atoms with Crippen LogP contribution >= 0.6 is 23.2 Å². The van der Waals surface area contributed by atoms with E-state index in [-0.39, 0.29) is 11.6 Å². The number of methoxy groups -OCH3 is 1. The molecule has 0 bridgehead atoms. The van der Waals surface area contributed by atoms with Gasteiger partial charge in [0, 0.05) is 7.11 Å². The van der Waals surface area contributed by atoms with E-state index in [4.69, 9.17) is 27.9 Å². The van der Waals surface area contributed by atoms with Crippen LogP contribution in [-0.2, 0) is 4.74 Å². The second-order valence-electron chi connectivity index (χ2n) is 4.90. The number of ether oxygens (including phenoxy) is 1. The van der Waals surface area contributed by atoms with Crippen LogP contribution in [0.4, 0.5) is 0 Å². The molecule has 1 aromatic carbocycles. The van der Waals surface area contributed by atoms with Crippen molar-refractivity contribution in [1.82, 2.24) is 5.32 Å². The normalized spacial score (nSPS) is 16.1. The van der Waals surface area contributed by atoms with Crippen LogP contribution in [0.1, 0.15) is 45.2 Å². The summed E-state index contributed by atoms with van der Waals surface area (Å²) in [6.45, 7) is 7.26. The van der Waals surface area contributed by atoms with Crippen molar-refractivity contribution in [2.45, 2.75) is 45.3 Å². The fourth-order valence-electron chi connectivity index (χ4n) is 2.15. The van der Waals surface area contributed by atoms with Crippen molar-refractivity contribution in [3.8, 4) is 0 Å². The van der Waals surface area contributed by atoms with E-state index < -0.39 is 0 Å². The van der Waals surface area contributed by atoms with Crippen LogP contribution in [0.25, 0.3) is 0 Å². The minimum Gasteiger partial charge on any atom is -0.377 e. The molecule has 0 aromatic heterocycles. The van der Waals surface area contributed by atoms with Gasteiger partial charge in [-0.2, -0.15) is 0 Å². The third-order valence-electron chi connectivity index (χ3n) is 3.67. The van der Waals surface area contributed by atoms with Crippen molar-refractivity contribution in [2.75, 3.05) is 13.7 Å². The summed E-state index contributed by atoms with van der Waals surface area (Å²) < 4.78 is 5.73. The van der Waals surface area contributed by atoms with Gasteiger partial charge in [-0.25, -0.2) is 0 Å². The number of benzene rings is 1. The molecule has 0 heterocycles. The Morgan fingerprint density at radius 2 is 2.00 bits per heavy atom. The molecule has 1 N–H and O–H groups in total. The molecule has 0 amide bonds. The van der Waals surface area contributed by atoms with Crippen molar-refractivity contribution in [1.29, 1.82) is 0 Å². The van der Waals surface area contributed by atoms with Gasteiger partial charge in [0.05, 0.1) is 21.7 Å². The molecule has 0 fully saturated rings. The minimum atomic E-state index is -0.316. The van der Waals surface area contributed by atoms with Gasteiger partial charge >= 0.3 is 0 Å². The van der Waals surface area contributed by atoms with E-state index in [1.165, 1.54) is 0 Å². The number of hydrogen-bond acceptors (Lipinski definition) is 2. The van der Waals surface area contributed by atoms with Crippen molar-refractivity contribution in [2.24, 2.45) is 0 Å². The van der Waals surface area contributed by atoms with Gasteiger partial charge in [-0.3, -0.25) is 0 Å². The lowest BCUT2D eigenvalue weighted by Gasteiger charge is -2.37. The first kappa shape index (κ1) is 16.8. The highest BCUT2D eigenvalue weighted by Gasteiger charge is 2.34. The standard InChI is InChI=1S/C15H23Cl2NO/c1-5-10-18-14(15(3,6-2)19-4)11-8-7-9-12(16)13(11)17/h7-9,14,18H,5-6,10H2,1-4H3. The van der Waals surface area contributed by atoms with Gasteiger partial charge in [0.1, 0.15) is 0 Å². The Bertz CT molecular complexity index is 405. The highest BCUT2D eigenvalue weighted by Crippen LogP contribution is 2.37. The Kier molecular flexibility index (Phi) is 6.61. The summed E-state index contributed by atoms with van der Waals surface area (Å²) >= 11 is 12.5. The Hall–Kier alpha value is -0.280.